The van der Waals surface area contributed by atoms with Crippen molar-refractivity contribution in [3.63, 3.8) is 0 Å². The smallest absolute Gasteiger partial charge is 0.0410 e. The second-order valence-electron chi connectivity index (χ2n) is 2.31. The molecule has 0 aliphatic rings. The Morgan fingerprint density at radius 1 is 1.40 bits per heavy atom. The van der Waals surface area contributed by atoms with Crippen molar-refractivity contribution in [3.8, 4) is 0 Å². The van der Waals surface area contributed by atoms with Gasteiger partial charge in [0.1, 0.15) is 0 Å². The molecule has 1 rings (SSSR count). The Hall–Kier alpha value is -0.820. The van der Waals surface area contributed by atoms with Crippen LogP contribution in [-0.2, 0) is 6.54 Å². The molecule has 0 atom stereocenters. The Bertz CT molecular complexity index is 206. The zero-order valence-electron chi connectivity index (χ0n) is 6.09. The maximum absolute atomic E-state index is 5.18. The maximum Gasteiger partial charge on any atom is 0.0410 e. The Labute approximate surface area is 62.1 Å². The van der Waals surface area contributed by atoms with Gasteiger partial charge in [-0.15, -0.1) is 0 Å². The lowest BCUT2D eigenvalue weighted by Gasteiger charge is -2.02. The van der Waals surface area contributed by atoms with Crippen LogP contribution in [0, 0.1) is 14.0 Å². The average Bonchev–Trinajstić information content (AvgIpc) is 1.94. The number of nitrogens with one attached hydrogen (secondary N) is 1. The van der Waals surface area contributed by atoms with E-state index in [1.54, 1.807) is 0 Å². The van der Waals surface area contributed by atoms with E-state index in [9.17, 15) is 0 Å². The molecule has 52 valence electrons. The normalized spacial score (nSPS) is 9.80. The molecule has 0 aliphatic heterocycles. The monoisotopic (exact) mass is 133 g/mol. The highest BCUT2D eigenvalue weighted by Gasteiger charge is 1.92. The van der Waals surface area contributed by atoms with Gasteiger partial charge in [0.2, 0.25) is 0 Å². The number of rotatable bonds is 2. The number of aryl methyl sites for hydroxylation is 1. The molecule has 2 radical (unpaired) electrons. The van der Waals surface area contributed by atoms with E-state index >= 15 is 0 Å². The van der Waals surface area contributed by atoms with Crippen LogP contribution in [0.25, 0.3) is 0 Å². The summed E-state index contributed by atoms with van der Waals surface area (Å²) in [7, 11) is 5.18. The van der Waals surface area contributed by atoms with E-state index in [-0.39, 0.29) is 0 Å². The Morgan fingerprint density at radius 3 is 2.70 bits per heavy atom. The van der Waals surface area contributed by atoms with E-state index in [4.69, 9.17) is 7.05 Å². The van der Waals surface area contributed by atoms with Gasteiger partial charge in [-0.2, -0.15) is 0 Å². The van der Waals surface area contributed by atoms with Crippen LogP contribution in [0.2, 0.25) is 0 Å². The zero-order chi connectivity index (χ0) is 7.40. The lowest BCUT2D eigenvalue weighted by atomic mass is 10.1. The molecule has 0 heterocycles. The van der Waals surface area contributed by atoms with Crippen molar-refractivity contribution in [2.75, 3.05) is 0 Å². The molecule has 0 spiro atoms. The fraction of sp³-hybridized carbons (Fsp3) is 0.222. The topological polar surface area (TPSA) is 12.0 Å². The third-order valence-electron chi connectivity index (χ3n) is 1.55. The fourth-order valence-electron chi connectivity index (χ4n) is 0.918. The second kappa shape index (κ2) is 3.37. The van der Waals surface area contributed by atoms with E-state index < -0.39 is 0 Å². The van der Waals surface area contributed by atoms with E-state index in [1.807, 2.05) is 12.1 Å². The number of hydrogen-bond acceptors (Lipinski definition) is 1. The summed E-state index contributed by atoms with van der Waals surface area (Å²) in [5, 5.41) is 2.62. The Morgan fingerprint density at radius 2 is 2.10 bits per heavy atom. The predicted octanol–water partition coefficient (Wildman–Crippen LogP) is 1.75. The Kier molecular flexibility index (Phi) is 2.46. The highest BCUT2D eigenvalue weighted by atomic mass is 14.8. The standard InChI is InChI=1S/C9H11N/c1-8-5-3-4-6-9(8)7-10-2/h2-6,10H,7H2,1H3. The van der Waals surface area contributed by atoms with Crippen molar-refractivity contribution >= 4 is 0 Å². The molecule has 0 saturated heterocycles. The van der Waals surface area contributed by atoms with Crippen molar-refractivity contribution in [1.82, 2.24) is 5.32 Å². The zero-order valence-corrected chi connectivity index (χ0v) is 6.09. The van der Waals surface area contributed by atoms with Gasteiger partial charge in [-0.1, -0.05) is 24.3 Å². The first-order valence-corrected chi connectivity index (χ1v) is 3.32. The summed E-state index contributed by atoms with van der Waals surface area (Å²) >= 11 is 0. The van der Waals surface area contributed by atoms with Gasteiger partial charge in [0.05, 0.1) is 0 Å². The number of benzene rings is 1. The highest BCUT2D eigenvalue weighted by molar-refractivity contribution is 5.25. The molecule has 0 amide bonds. The molecule has 0 aromatic heterocycles. The lowest BCUT2D eigenvalue weighted by Crippen LogP contribution is -2.03. The van der Waals surface area contributed by atoms with Crippen molar-refractivity contribution in [1.29, 1.82) is 0 Å². The van der Waals surface area contributed by atoms with Crippen molar-refractivity contribution in [2.45, 2.75) is 13.5 Å². The van der Waals surface area contributed by atoms with Crippen LogP contribution in [-0.4, -0.2) is 0 Å². The summed E-state index contributed by atoms with van der Waals surface area (Å²) in [5.74, 6) is 0. The van der Waals surface area contributed by atoms with Crippen molar-refractivity contribution in [2.24, 2.45) is 0 Å². The summed E-state index contributed by atoms with van der Waals surface area (Å²) in [4.78, 5) is 0. The first-order valence-electron chi connectivity index (χ1n) is 3.32. The van der Waals surface area contributed by atoms with Crippen molar-refractivity contribution in [3.05, 3.63) is 42.4 Å². The van der Waals surface area contributed by atoms with Gasteiger partial charge in [-0.05, 0) is 18.1 Å². The van der Waals surface area contributed by atoms with Gasteiger partial charge in [0.25, 0.3) is 0 Å². The van der Waals surface area contributed by atoms with E-state index in [0.29, 0.717) is 0 Å². The summed E-state index contributed by atoms with van der Waals surface area (Å²) in [5.41, 5.74) is 2.53. The van der Waals surface area contributed by atoms with Gasteiger partial charge < -0.3 is 5.32 Å². The average molecular weight is 133 g/mol. The largest absolute Gasteiger partial charge is 0.307 e. The minimum Gasteiger partial charge on any atom is -0.307 e. The van der Waals surface area contributed by atoms with Gasteiger partial charge in [0.15, 0.2) is 0 Å². The van der Waals surface area contributed by atoms with Crippen molar-refractivity contribution < 1.29 is 0 Å². The summed E-state index contributed by atoms with van der Waals surface area (Å²) in [6.07, 6.45) is 0. The molecule has 1 nitrogen and oxygen atoms in total. The molecular weight excluding hydrogens is 122 g/mol. The number of hydrogen-bond donors (Lipinski definition) is 1. The van der Waals surface area contributed by atoms with E-state index in [1.165, 1.54) is 11.1 Å². The summed E-state index contributed by atoms with van der Waals surface area (Å²) < 4.78 is 0. The molecule has 0 bridgehead atoms. The van der Waals surface area contributed by atoms with Crippen LogP contribution in [0.15, 0.2) is 24.3 Å². The predicted molar refractivity (Wildman–Crippen MR) is 42.3 cm³/mol. The first kappa shape index (κ1) is 7.29. The highest BCUT2D eigenvalue weighted by Crippen LogP contribution is 2.05. The fourth-order valence-corrected chi connectivity index (χ4v) is 0.918. The van der Waals surface area contributed by atoms with Crippen LogP contribution in [0.4, 0.5) is 0 Å². The van der Waals surface area contributed by atoms with Gasteiger partial charge in [0, 0.05) is 13.6 Å². The third kappa shape index (κ3) is 1.58. The van der Waals surface area contributed by atoms with Crippen LogP contribution in [0.1, 0.15) is 11.1 Å². The van der Waals surface area contributed by atoms with E-state index in [2.05, 4.69) is 24.4 Å². The van der Waals surface area contributed by atoms with Crippen LogP contribution in [0.3, 0.4) is 0 Å². The van der Waals surface area contributed by atoms with Gasteiger partial charge >= 0.3 is 0 Å². The van der Waals surface area contributed by atoms with Gasteiger partial charge in [-0.3, -0.25) is 0 Å². The van der Waals surface area contributed by atoms with E-state index in [0.717, 1.165) is 6.54 Å². The van der Waals surface area contributed by atoms with Crippen LogP contribution >= 0.6 is 0 Å². The lowest BCUT2D eigenvalue weighted by molar-refractivity contribution is 0.859. The molecule has 1 aromatic rings. The SMILES string of the molecule is [CH]NCc1ccccc1C. The second-order valence-corrected chi connectivity index (χ2v) is 2.31. The van der Waals surface area contributed by atoms with Crippen LogP contribution < -0.4 is 5.32 Å². The molecular formula is C9H11N. The molecule has 0 unspecified atom stereocenters. The maximum atomic E-state index is 5.18. The Balaban J connectivity index is 2.81. The first-order chi connectivity index (χ1) is 4.84. The summed E-state index contributed by atoms with van der Waals surface area (Å²) in [6, 6.07) is 8.18. The van der Waals surface area contributed by atoms with Crippen LogP contribution in [0.5, 0.6) is 0 Å². The molecule has 1 N–H and O–H groups in total. The molecule has 0 aliphatic carbocycles. The summed E-state index contributed by atoms with van der Waals surface area (Å²) in [6.45, 7) is 2.82. The minimum atomic E-state index is 0.743. The molecule has 10 heavy (non-hydrogen) atoms. The third-order valence-corrected chi connectivity index (χ3v) is 1.55. The van der Waals surface area contributed by atoms with Gasteiger partial charge in [-0.25, -0.2) is 0 Å². The quantitative estimate of drug-likeness (QED) is 0.606. The molecule has 1 aromatic carbocycles. The minimum absolute atomic E-state index is 0.743. The molecule has 1 heteroatoms. The molecule has 0 fully saturated rings. The molecule has 0 saturated carbocycles.